The van der Waals surface area contributed by atoms with Crippen LogP contribution in [0, 0.1) is 6.92 Å². The molecule has 0 aromatic carbocycles. The van der Waals surface area contributed by atoms with Crippen LogP contribution in [-0.4, -0.2) is 15.7 Å². The Bertz CT molecular complexity index is 711. The van der Waals surface area contributed by atoms with Crippen LogP contribution in [-0.2, 0) is 12.8 Å². The summed E-state index contributed by atoms with van der Waals surface area (Å²) >= 11 is 0. The second kappa shape index (κ2) is 4.72. The summed E-state index contributed by atoms with van der Waals surface area (Å²) in [5.74, 6) is 1.81. The first-order valence-electron chi connectivity index (χ1n) is 6.23. The number of aromatic nitrogens is 2. The first-order valence-corrected chi connectivity index (χ1v) is 6.23. The summed E-state index contributed by atoms with van der Waals surface area (Å²) in [5.41, 5.74) is 2.46. The molecule has 0 fully saturated rings. The first-order chi connectivity index (χ1) is 9.29. The van der Waals surface area contributed by atoms with E-state index < -0.39 is 0 Å². The van der Waals surface area contributed by atoms with E-state index in [4.69, 9.17) is 4.42 Å². The average molecular weight is 254 g/mol. The zero-order chi connectivity index (χ0) is 13.2. The lowest BCUT2D eigenvalue weighted by molar-refractivity contribution is 0.112. The largest absolute Gasteiger partial charge is 0.469 e. The SMILES string of the molecule is Cc1cccn2c(CCc3ccco3)nc(C=O)c12. The molecule has 96 valence electrons. The molecule has 4 heteroatoms. The van der Waals surface area contributed by atoms with Crippen molar-refractivity contribution < 1.29 is 9.21 Å². The molecule has 0 saturated heterocycles. The minimum Gasteiger partial charge on any atom is -0.469 e. The molecule has 0 atom stereocenters. The summed E-state index contributed by atoms with van der Waals surface area (Å²) in [6, 6.07) is 7.77. The maximum absolute atomic E-state index is 11.1. The normalized spacial score (nSPS) is 11.0. The molecule has 3 heterocycles. The second-order valence-electron chi connectivity index (χ2n) is 4.52. The van der Waals surface area contributed by atoms with Gasteiger partial charge in [-0.2, -0.15) is 0 Å². The molecule has 0 aliphatic heterocycles. The minimum atomic E-state index is 0.507. The Labute approximate surface area is 110 Å². The fourth-order valence-corrected chi connectivity index (χ4v) is 2.35. The van der Waals surface area contributed by atoms with Gasteiger partial charge >= 0.3 is 0 Å². The van der Waals surface area contributed by atoms with Gasteiger partial charge in [0.25, 0.3) is 0 Å². The maximum atomic E-state index is 11.1. The van der Waals surface area contributed by atoms with Crippen LogP contribution in [0.15, 0.2) is 41.1 Å². The average Bonchev–Trinajstić information content (AvgIpc) is 3.04. The van der Waals surface area contributed by atoms with Crippen LogP contribution in [0.3, 0.4) is 0 Å². The fraction of sp³-hybridized carbons (Fsp3) is 0.200. The standard InChI is InChI=1S/C15H14N2O2/c1-11-4-2-8-17-14(16-13(10-18)15(11)17)7-6-12-5-3-9-19-12/h2-5,8-10H,6-7H2,1H3. The molecule has 0 aliphatic rings. The lowest BCUT2D eigenvalue weighted by Crippen LogP contribution is -1.97. The van der Waals surface area contributed by atoms with Crippen molar-refractivity contribution in [3.8, 4) is 0 Å². The maximum Gasteiger partial charge on any atom is 0.170 e. The van der Waals surface area contributed by atoms with Crippen LogP contribution in [0.2, 0.25) is 0 Å². The van der Waals surface area contributed by atoms with Gasteiger partial charge in [0, 0.05) is 19.0 Å². The number of pyridine rings is 1. The number of carbonyl (C=O) groups excluding carboxylic acids is 1. The number of rotatable bonds is 4. The van der Waals surface area contributed by atoms with Gasteiger partial charge in [-0.15, -0.1) is 0 Å². The number of aryl methyl sites for hydroxylation is 3. The van der Waals surface area contributed by atoms with Gasteiger partial charge in [-0.05, 0) is 30.7 Å². The van der Waals surface area contributed by atoms with Gasteiger partial charge < -0.3 is 8.82 Å². The van der Waals surface area contributed by atoms with Gasteiger partial charge in [-0.3, -0.25) is 4.79 Å². The molecule has 4 nitrogen and oxygen atoms in total. The molecule has 0 aliphatic carbocycles. The van der Waals surface area contributed by atoms with Gasteiger partial charge in [0.2, 0.25) is 0 Å². The molecule has 19 heavy (non-hydrogen) atoms. The Morgan fingerprint density at radius 3 is 2.95 bits per heavy atom. The number of hydrogen-bond acceptors (Lipinski definition) is 3. The van der Waals surface area contributed by atoms with Crippen LogP contribution >= 0.6 is 0 Å². The summed E-state index contributed by atoms with van der Waals surface area (Å²) in [7, 11) is 0. The monoisotopic (exact) mass is 254 g/mol. The van der Waals surface area contributed by atoms with E-state index in [1.807, 2.05) is 41.8 Å². The fourth-order valence-electron chi connectivity index (χ4n) is 2.35. The van der Waals surface area contributed by atoms with Gasteiger partial charge in [-0.1, -0.05) is 6.07 Å². The van der Waals surface area contributed by atoms with Crippen molar-refractivity contribution in [3.05, 3.63) is 59.6 Å². The van der Waals surface area contributed by atoms with E-state index >= 15 is 0 Å². The highest BCUT2D eigenvalue weighted by molar-refractivity contribution is 5.85. The molecule has 3 aromatic rings. The summed E-state index contributed by atoms with van der Waals surface area (Å²) < 4.78 is 7.31. The predicted octanol–water partition coefficient (Wildman–Crippen LogP) is 2.83. The van der Waals surface area contributed by atoms with Crippen molar-refractivity contribution in [1.82, 2.24) is 9.38 Å². The van der Waals surface area contributed by atoms with Crippen molar-refractivity contribution >= 4 is 11.8 Å². The van der Waals surface area contributed by atoms with Crippen LogP contribution in [0.5, 0.6) is 0 Å². The highest BCUT2D eigenvalue weighted by Crippen LogP contribution is 2.17. The van der Waals surface area contributed by atoms with Crippen LogP contribution < -0.4 is 0 Å². The second-order valence-corrected chi connectivity index (χ2v) is 4.52. The van der Waals surface area contributed by atoms with Crippen LogP contribution in [0.25, 0.3) is 5.52 Å². The number of carbonyl (C=O) groups is 1. The topological polar surface area (TPSA) is 47.5 Å². The van der Waals surface area contributed by atoms with E-state index in [0.717, 1.165) is 41.8 Å². The van der Waals surface area contributed by atoms with Gasteiger partial charge in [0.05, 0.1) is 11.8 Å². The summed E-state index contributed by atoms with van der Waals surface area (Å²) in [5, 5.41) is 0. The van der Waals surface area contributed by atoms with Crippen molar-refractivity contribution in [2.75, 3.05) is 0 Å². The molecule has 0 saturated carbocycles. The molecule has 0 spiro atoms. The Kier molecular flexibility index (Phi) is 2.91. The molecule has 0 amide bonds. The Morgan fingerprint density at radius 1 is 1.32 bits per heavy atom. The molecule has 0 bridgehead atoms. The van der Waals surface area contributed by atoms with Crippen molar-refractivity contribution in [2.24, 2.45) is 0 Å². The number of aldehydes is 1. The quantitative estimate of drug-likeness (QED) is 0.673. The number of furan rings is 1. The zero-order valence-corrected chi connectivity index (χ0v) is 10.7. The Morgan fingerprint density at radius 2 is 2.21 bits per heavy atom. The first kappa shape index (κ1) is 11.7. The van der Waals surface area contributed by atoms with Gasteiger partial charge in [0.1, 0.15) is 17.3 Å². The third-order valence-corrected chi connectivity index (χ3v) is 3.25. The molecule has 0 N–H and O–H groups in total. The molecule has 3 aromatic heterocycles. The lowest BCUT2D eigenvalue weighted by Gasteiger charge is -2.01. The van der Waals surface area contributed by atoms with Crippen LogP contribution in [0.4, 0.5) is 0 Å². The molecule has 0 radical (unpaired) electrons. The van der Waals surface area contributed by atoms with E-state index in [1.165, 1.54) is 0 Å². The van der Waals surface area contributed by atoms with E-state index in [2.05, 4.69) is 4.98 Å². The molecular weight excluding hydrogens is 240 g/mol. The number of imidazole rings is 1. The summed E-state index contributed by atoms with van der Waals surface area (Å²) in [6.45, 7) is 1.99. The summed E-state index contributed by atoms with van der Waals surface area (Å²) in [4.78, 5) is 15.5. The molecule has 0 unspecified atom stereocenters. The molecule has 3 rings (SSSR count). The number of hydrogen-bond donors (Lipinski definition) is 0. The Balaban J connectivity index is 1.99. The smallest absolute Gasteiger partial charge is 0.170 e. The predicted molar refractivity (Wildman–Crippen MR) is 71.4 cm³/mol. The van der Waals surface area contributed by atoms with Crippen LogP contribution in [0.1, 0.15) is 27.6 Å². The zero-order valence-electron chi connectivity index (χ0n) is 10.7. The highest BCUT2D eigenvalue weighted by atomic mass is 16.3. The minimum absolute atomic E-state index is 0.507. The third-order valence-electron chi connectivity index (χ3n) is 3.25. The highest BCUT2D eigenvalue weighted by Gasteiger charge is 2.12. The number of nitrogens with zero attached hydrogens (tertiary/aromatic N) is 2. The Hall–Kier alpha value is -2.36. The van der Waals surface area contributed by atoms with E-state index in [0.29, 0.717) is 5.69 Å². The third kappa shape index (κ3) is 2.05. The van der Waals surface area contributed by atoms with E-state index in [1.54, 1.807) is 6.26 Å². The van der Waals surface area contributed by atoms with E-state index in [-0.39, 0.29) is 0 Å². The van der Waals surface area contributed by atoms with Gasteiger partial charge in [0.15, 0.2) is 6.29 Å². The van der Waals surface area contributed by atoms with Gasteiger partial charge in [-0.25, -0.2) is 4.98 Å². The van der Waals surface area contributed by atoms with E-state index in [9.17, 15) is 4.79 Å². The lowest BCUT2D eigenvalue weighted by atomic mass is 10.2. The van der Waals surface area contributed by atoms with Crippen molar-refractivity contribution in [1.29, 1.82) is 0 Å². The van der Waals surface area contributed by atoms with Crippen molar-refractivity contribution in [2.45, 2.75) is 19.8 Å². The molecular formula is C15H14N2O2. The van der Waals surface area contributed by atoms with Crippen molar-refractivity contribution in [3.63, 3.8) is 0 Å². The number of fused-ring (bicyclic) bond motifs is 1. The summed E-state index contributed by atoms with van der Waals surface area (Å²) in [6.07, 6.45) is 5.95.